The van der Waals surface area contributed by atoms with E-state index in [0.717, 1.165) is 11.1 Å². The maximum atomic E-state index is 13.5. The van der Waals surface area contributed by atoms with Crippen LogP contribution in [0.5, 0.6) is 0 Å². The molecule has 1 aliphatic heterocycles. The third-order valence-electron chi connectivity index (χ3n) is 3.65. The molecule has 1 saturated heterocycles. The predicted octanol–water partition coefficient (Wildman–Crippen LogP) is 3.36. The van der Waals surface area contributed by atoms with Crippen molar-refractivity contribution in [1.82, 2.24) is 14.8 Å². The van der Waals surface area contributed by atoms with Crippen LogP contribution in [0.1, 0.15) is 31.1 Å². The number of hydrogen-bond acceptors (Lipinski definition) is 4. The van der Waals surface area contributed by atoms with Gasteiger partial charge in [-0.15, -0.1) is 0 Å². The summed E-state index contributed by atoms with van der Waals surface area (Å²) in [6.45, 7) is 3.85. The second kappa shape index (κ2) is 7.30. The van der Waals surface area contributed by atoms with Crippen LogP contribution in [-0.2, 0) is 4.74 Å². The van der Waals surface area contributed by atoms with Gasteiger partial charge in [-0.2, -0.15) is 13.2 Å². The zero-order chi connectivity index (χ0) is 19.7. The number of alkyl halides is 3. The van der Waals surface area contributed by atoms with E-state index in [1.807, 2.05) is 0 Å². The van der Waals surface area contributed by atoms with E-state index < -0.39 is 36.4 Å². The zero-order valence-electron chi connectivity index (χ0n) is 14.5. The van der Waals surface area contributed by atoms with E-state index in [1.165, 1.54) is 12.1 Å². The lowest BCUT2D eigenvalue weighted by atomic mass is 10.1. The highest BCUT2D eigenvalue weighted by Gasteiger charge is 2.49. The van der Waals surface area contributed by atoms with Gasteiger partial charge in [0.25, 0.3) is 5.91 Å². The Bertz CT molecular complexity index is 674. The van der Waals surface area contributed by atoms with Crippen LogP contribution in [0.3, 0.4) is 0 Å². The average Bonchev–Trinajstić information content (AvgIpc) is 2.52. The van der Waals surface area contributed by atoms with Gasteiger partial charge in [-0.25, -0.2) is 9.78 Å². The van der Waals surface area contributed by atoms with Crippen molar-refractivity contribution in [2.24, 2.45) is 0 Å². The van der Waals surface area contributed by atoms with Crippen molar-refractivity contribution in [1.29, 1.82) is 0 Å². The summed E-state index contributed by atoms with van der Waals surface area (Å²) in [6, 6.07) is 0.506. The maximum Gasteiger partial charge on any atom is 0.410 e. The molecule has 2 heterocycles. The van der Waals surface area contributed by atoms with E-state index in [2.05, 4.69) is 4.98 Å². The molecule has 1 aromatic heterocycles. The number of pyridine rings is 1. The minimum Gasteiger partial charge on any atom is -0.444 e. The molecular formula is C16H19ClF3N3O3. The second-order valence-electron chi connectivity index (χ2n) is 6.85. The van der Waals surface area contributed by atoms with Gasteiger partial charge < -0.3 is 14.5 Å². The average molecular weight is 394 g/mol. The molecule has 0 aromatic carbocycles. The van der Waals surface area contributed by atoms with Crippen molar-refractivity contribution in [3.8, 4) is 0 Å². The molecule has 144 valence electrons. The molecule has 1 fully saturated rings. The molecule has 0 saturated carbocycles. The fraction of sp³-hybridized carbons (Fsp3) is 0.562. The van der Waals surface area contributed by atoms with Gasteiger partial charge in [0.15, 0.2) is 0 Å². The van der Waals surface area contributed by atoms with Crippen molar-refractivity contribution >= 4 is 23.6 Å². The van der Waals surface area contributed by atoms with Crippen LogP contribution in [0.4, 0.5) is 18.0 Å². The van der Waals surface area contributed by atoms with E-state index in [9.17, 15) is 22.8 Å². The van der Waals surface area contributed by atoms with Crippen LogP contribution >= 0.6 is 11.6 Å². The van der Waals surface area contributed by atoms with E-state index in [-0.39, 0.29) is 23.8 Å². The summed E-state index contributed by atoms with van der Waals surface area (Å²) in [6.07, 6.45) is -4.42. The summed E-state index contributed by atoms with van der Waals surface area (Å²) >= 11 is 5.64. The number of nitrogens with zero attached hydrogens (tertiary/aromatic N) is 3. The maximum absolute atomic E-state index is 13.5. The molecule has 1 aromatic rings. The molecule has 2 rings (SSSR count). The zero-order valence-corrected chi connectivity index (χ0v) is 15.3. The van der Waals surface area contributed by atoms with Gasteiger partial charge in [0.1, 0.15) is 16.8 Å². The van der Waals surface area contributed by atoms with E-state index in [0.29, 0.717) is 4.90 Å². The molecular weight excluding hydrogens is 375 g/mol. The van der Waals surface area contributed by atoms with Crippen molar-refractivity contribution in [3.63, 3.8) is 0 Å². The molecule has 0 N–H and O–H groups in total. The van der Waals surface area contributed by atoms with E-state index in [1.54, 1.807) is 20.8 Å². The molecule has 0 bridgehead atoms. The lowest BCUT2D eigenvalue weighted by Gasteiger charge is -2.42. The molecule has 0 radical (unpaired) electrons. The first-order valence-corrected chi connectivity index (χ1v) is 8.23. The third-order valence-corrected chi connectivity index (χ3v) is 3.87. The Hall–Kier alpha value is -2.03. The monoisotopic (exact) mass is 393 g/mol. The summed E-state index contributed by atoms with van der Waals surface area (Å²) in [7, 11) is 0. The van der Waals surface area contributed by atoms with Crippen LogP contribution in [0.25, 0.3) is 0 Å². The number of halogens is 4. The largest absolute Gasteiger partial charge is 0.444 e. The Balaban J connectivity index is 2.20. The number of hydrogen-bond donors (Lipinski definition) is 0. The molecule has 0 spiro atoms. The smallest absolute Gasteiger partial charge is 0.410 e. The minimum atomic E-state index is -4.70. The van der Waals surface area contributed by atoms with Crippen molar-refractivity contribution < 1.29 is 27.5 Å². The van der Waals surface area contributed by atoms with Gasteiger partial charge in [0.05, 0.1) is 12.1 Å². The standard InChI is InChI=1S/C16H19ClF3N3O3/c1-15(2,3)26-14(25)22-6-7-23(11(9-22)16(18,19)20)13(24)10-4-5-12(17)21-8-10/h4-5,8,11H,6-7,9H2,1-3H3. The first-order chi connectivity index (χ1) is 11.9. The quantitative estimate of drug-likeness (QED) is 0.686. The first-order valence-electron chi connectivity index (χ1n) is 7.85. The van der Waals surface area contributed by atoms with Crippen molar-refractivity contribution in [3.05, 3.63) is 29.0 Å². The van der Waals surface area contributed by atoms with Crippen molar-refractivity contribution in [2.75, 3.05) is 19.6 Å². The summed E-state index contributed by atoms with van der Waals surface area (Å²) < 4.78 is 45.6. The Morgan fingerprint density at radius 1 is 1.23 bits per heavy atom. The van der Waals surface area contributed by atoms with Gasteiger partial charge >= 0.3 is 12.3 Å². The fourth-order valence-corrected chi connectivity index (χ4v) is 2.58. The number of amides is 2. The highest BCUT2D eigenvalue weighted by Crippen LogP contribution is 2.29. The highest BCUT2D eigenvalue weighted by atomic mass is 35.5. The van der Waals surface area contributed by atoms with Crippen LogP contribution in [-0.4, -0.2) is 64.2 Å². The Morgan fingerprint density at radius 3 is 2.38 bits per heavy atom. The summed E-state index contributed by atoms with van der Waals surface area (Å²) in [5.74, 6) is -0.819. The number of aromatic nitrogens is 1. The van der Waals surface area contributed by atoms with Gasteiger partial charge in [-0.1, -0.05) is 11.6 Å². The van der Waals surface area contributed by atoms with Gasteiger partial charge in [0, 0.05) is 19.3 Å². The first kappa shape index (κ1) is 20.3. The Labute approximate surface area is 153 Å². The summed E-state index contributed by atoms with van der Waals surface area (Å²) in [5, 5.41) is 0.128. The second-order valence-corrected chi connectivity index (χ2v) is 7.24. The van der Waals surface area contributed by atoms with E-state index >= 15 is 0 Å². The van der Waals surface area contributed by atoms with Gasteiger partial charge in [-0.05, 0) is 32.9 Å². The van der Waals surface area contributed by atoms with Crippen LogP contribution in [0.2, 0.25) is 5.15 Å². The topological polar surface area (TPSA) is 62.7 Å². The molecule has 26 heavy (non-hydrogen) atoms. The number of piperazine rings is 1. The molecule has 0 aliphatic carbocycles. The lowest BCUT2D eigenvalue weighted by molar-refractivity contribution is -0.187. The molecule has 1 unspecified atom stereocenters. The lowest BCUT2D eigenvalue weighted by Crippen LogP contribution is -2.62. The number of carbonyl (C=O) groups excluding carboxylic acids is 2. The molecule has 6 nitrogen and oxygen atoms in total. The number of rotatable bonds is 1. The molecule has 1 atom stereocenters. The predicted molar refractivity (Wildman–Crippen MR) is 87.9 cm³/mol. The minimum absolute atomic E-state index is 0.00521. The van der Waals surface area contributed by atoms with E-state index in [4.69, 9.17) is 16.3 Å². The summed E-state index contributed by atoms with van der Waals surface area (Å²) in [4.78, 5) is 29.9. The van der Waals surface area contributed by atoms with Crippen LogP contribution < -0.4 is 0 Å². The van der Waals surface area contributed by atoms with Crippen molar-refractivity contribution in [2.45, 2.75) is 38.6 Å². The van der Waals surface area contributed by atoms with Crippen LogP contribution in [0.15, 0.2) is 18.3 Å². The van der Waals surface area contributed by atoms with Gasteiger partial charge in [-0.3, -0.25) is 4.79 Å². The fourth-order valence-electron chi connectivity index (χ4n) is 2.47. The van der Waals surface area contributed by atoms with Gasteiger partial charge in [0.2, 0.25) is 0 Å². The molecule has 2 amide bonds. The Kier molecular flexibility index (Phi) is 5.70. The number of carbonyl (C=O) groups is 2. The summed E-state index contributed by atoms with van der Waals surface area (Å²) in [5.41, 5.74) is -0.832. The third kappa shape index (κ3) is 5.00. The molecule has 1 aliphatic rings. The number of ether oxygens (including phenoxy) is 1. The molecule has 10 heteroatoms. The highest BCUT2D eigenvalue weighted by molar-refractivity contribution is 6.29. The van der Waals surface area contributed by atoms with Crippen LogP contribution in [0, 0.1) is 0 Å². The normalized spacial score (nSPS) is 18.7. The SMILES string of the molecule is CC(C)(C)OC(=O)N1CCN(C(=O)c2ccc(Cl)nc2)C(C(F)(F)F)C1. The Morgan fingerprint density at radius 2 is 1.88 bits per heavy atom.